The lowest BCUT2D eigenvalue weighted by Crippen LogP contribution is -2.00. The summed E-state index contributed by atoms with van der Waals surface area (Å²) in [6.45, 7) is 0. The summed E-state index contributed by atoms with van der Waals surface area (Å²) >= 11 is 0. The maximum Gasteiger partial charge on any atom is 0.164 e. The SMILES string of the molecule is C1=C(c2ccc(-c3nc(-c4ccccc4)nc(-c4ccc5c6ccccc6c6ccccc6c5c4)n3)cc2)C=C(c2ccccc2)CC1. The van der Waals surface area contributed by atoms with Gasteiger partial charge in [0.05, 0.1) is 0 Å². The average Bonchev–Trinajstić information content (AvgIpc) is 3.18. The largest absolute Gasteiger partial charge is 0.208 e. The van der Waals surface area contributed by atoms with Crippen molar-refractivity contribution in [3.63, 3.8) is 0 Å². The molecule has 0 amide bonds. The van der Waals surface area contributed by atoms with Crippen LogP contribution in [0.1, 0.15) is 24.0 Å². The van der Waals surface area contributed by atoms with Crippen LogP contribution in [0.15, 0.2) is 164 Å². The molecule has 0 unspecified atom stereocenters. The van der Waals surface area contributed by atoms with Crippen molar-refractivity contribution in [2.24, 2.45) is 0 Å². The molecule has 48 heavy (non-hydrogen) atoms. The van der Waals surface area contributed by atoms with Crippen LogP contribution < -0.4 is 0 Å². The monoisotopic (exact) mass is 613 g/mol. The maximum atomic E-state index is 5.09. The second-order valence-electron chi connectivity index (χ2n) is 12.3. The molecule has 0 N–H and O–H groups in total. The van der Waals surface area contributed by atoms with Gasteiger partial charge in [-0.05, 0) is 73.5 Å². The Bertz CT molecular complexity index is 2490. The molecule has 226 valence electrons. The van der Waals surface area contributed by atoms with Gasteiger partial charge < -0.3 is 0 Å². The topological polar surface area (TPSA) is 38.7 Å². The number of nitrogens with zero attached hydrogens (tertiary/aromatic N) is 3. The van der Waals surface area contributed by atoms with E-state index < -0.39 is 0 Å². The molecule has 0 spiro atoms. The molecule has 0 saturated heterocycles. The Morgan fingerprint density at radius 1 is 0.354 bits per heavy atom. The molecule has 9 rings (SSSR count). The number of fused-ring (bicyclic) bond motifs is 6. The maximum absolute atomic E-state index is 5.09. The van der Waals surface area contributed by atoms with Crippen LogP contribution in [0.4, 0.5) is 0 Å². The minimum atomic E-state index is 0.659. The fourth-order valence-electron chi connectivity index (χ4n) is 6.99. The third-order valence-electron chi connectivity index (χ3n) is 9.40. The van der Waals surface area contributed by atoms with E-state index in [0.29, 0.717) is 17.5 Å². The van der Waals surface area contributed by atoms with E-state index in [9.17, 15) is 0 Å². The fraction of sp³-hybridized carbons (Fsp3) is 0.0444. The van der Waals surface area contributed by atoms with Gasteiger partial charge in [0.15, 0.2) is 17.5 Å². The van der Waals surface area contributed by atoms with Gasteiger partial charge in [-0.15, -0.1) is 0 Å². The molecule has 0 atom stereocenters. The van der Waals surface area contributed by atoms with Crippen LogP contribution in [0.3, 0.4) is 0 Å². The highest BCUT2D eigenvalue weighted by Crippen LogP contribution is 2.37. The number of rotatable bonds is 5. The van der Waals surface area contributed by atoms with E-state index in [1.165, 1.54) is 54.6 Å². The molecule has 0 radical (unpaired) electrons. The third kappa shape index (κ3) is 5.06. The Kier molecular flexibility index (Phi) is 6.94. The van der Waals surface area contributed by atoms with Crippen molar-refractivity contribution >= 4 is 43.5 Å². The smallest absolute Gasteiger partial charge is 0.164 e. The van der Waals surface area contributed by atoms with Crippen LogP contribution in [-0.2, 0) is 0 Å². The van der Waals surface area contributed by atoms with Gasteiger partial charge in [-0.3, -0.25) is 0 Å². The van der Waals surface area contributed by atoms with E-state index in [1.807, 2.05) is 18.2 Å². The Hall–Kier alpha value is -6.19. The highest BCUT2D eigenvalue weighted by atomic mass is 15.0. The van der Waals surface area contributed by atoms with E-state index in [4.69, 9.17) is 15.0 Å². The summed E-state index contributed by atoms with van der Waals surface area (Å²) < 4.78 is 0. The molecule has 0 fully saturated rings. The third-order valence-corrected chi connectivity index (χ3v) is 9.40. The molecule has 1 aromatic heterocycles. The zero-order valence-corrected chi connectivity index (χ0v) is 26.3. The number of benzene rings is 7. The Balaban J connectivity index is 1.15. The van der Waals surface area contributed by atoms with Gasteiger partial charge >= 0.3 is 0 Å². The van der Waals surface area contributed by atoms with Gasteiger partial charge in [-0.2, -0.15) is 0 Å². The first-order valence-corrected chi connectivity index (χ1v) is 16.5. The summed E-state index contributed by atoms with van der Waals surface area (Å²) in [5, 5.41) is 7.40. The second kappa shape index (κ2) is 11.9. The molecule has 1 aliphatic carbocycles. The summed E-state index contributed by atoms with van der Waals surface area (Å²) in [7, 11) is 0. The molecule has 1 aliphatic rings. The molecule has 8 aromatic rings. The molecule has 1 heterocycles. The Morgan fingerprint density at radius 3 is 1.40 bits per heavy atom. The van der Waals surface area contributed by atoms with Gasteiger partial charge in [0, 0.05) is 16.7 Å². The molecular formula is C45H31N3. The van der Waals surface area contributed by atoms with E-state index in [-0.39, 0.29) is 0 Å². The first-order valence-electron chi connectivity index (χ1n) is 16.5. The lowest BCUT2D eigenvalue weighted by Gasteiger charge is -2.15. The van der Waals surface area contributed by atoms with Crippen molar-refractivity contribution in [1.29, 1.82) is 0 Å². The van der Waals surface area contributed by atoms with Crippen LogP contribution in [0.2, 0.25) is 0 Å². The van der Waals surface area contributed by atoms with Gasteiger partial charge in [-0.1, -0.05) is 158 Å². The molecule has 0 saturated carbocycles. The second-order valence-corrected chi connectivity index (χ2v) is 12.3. The molecule has 0 bridgehead atoms. The Morgan fingerprint density at radius 2 is 0.792 bits per heavy atom. The average molecular weight is 614 g/mol. The predicted molar refractivity (Wildman–Crippen MR) is 200 cm³/mol. The van der Waals surface area contributed by atoms with Crippen molar-refractivity contribution < 1.29 is 0 Å². The number of hydrogen-bond donors (Lipinski definition) is 0. The number of aromatic nitrogens is 3. The zero-order chi connectivity index (χ0) is 31.9. The first-order chi connectivity index (χ1) is 23.8. The van der Waals surface area contributed by atoms with Crippen LogP contribution >= 0.6 is 0 Å². The lowest BCUT2D eigenvalue weighted by atomic mass is 9.90. The van der Waals surface area contributed by atoms with E-state index in [1.54, 1.807) is 0 Å². The van der Waals surface area contributed by atoms with Crippen molar-refractivity contribution in [1.82, 2.24) is 15.0 Å². The summed E-state index contributed by atoms with van der Waals surface area (Å²) in [6, 6.07) is 53.4. The van der Waals surface area contributed by atoms with Gasteiger partial charge in [0.25, 0.3) is 0 Å². The predicted octanol–water partition coefficient (Wildman–Crippen LogP) is 11.6. The van der Waals surface area contributed by atoms with Crippen LogP contribution in [-0.4, -0.2) is 15.0 Å². The van der Waals surface area contributed by atoms with Crippen LogP contribution in [0.25, 0.3) is 77.6 Å². The summed E-state index contributed by atoms with van der Waals surface area (Å²) in [5.74, 6) is 1.98. The molecule has 7 aromatic carbocycles. The summed E-state index contributed by atoms with van der Waals surface area (Å²) in [5.41, 5.74) is 8.00. The van der Waals surface area contributed by atoms with Crippen LogP contribution in [0, 0.1) is 0 Å². The molecule has 3 heteroatoms. The minimum absolute atomic E-state index is 0.659. The minimum Gasteiger partial charge on any atom is -0.208 e. The molecular weight excluding hydrogens is 583 g/mol. The first kappa shape index (κ1) is 28.1. The standard InChI is InChI=1S/C45H31N3/c1-3-12-30(13-4-1)34-16-11-17-35(28-34)31-22-24-33(25-23-31)44-46-43(32-14-5-2-6-15-32)47-45(48-44)36-26-27-41-39-20-8-7-18-37(39)38-19-9-10-21-40(38)42(41)29-36/h1-10,12-15,17-29H,11,16H2. The fourth-order valence-corrected chi connectivity index (χ4v) is 6.99. The highest BCUT2D eigenvalue weighted by molar-refractivity contribution is 6.25. The molecule has 0 aliphatic heterocycles. The van der Waals surface area contributed by atoms with Gasteiger partial charge in [0.2, 0.25) is 0 Å². The van der Waals surface area contributed by atoms with Crippen molar-refractivity contribution in [3.8, 4) is 34.2 Å². The quantitative estimate of drug-likeness (QED) is 0.181. The number of allylic oxidation sites excluding steroid dienone is 4. The van der Waals surface area contributed by atoms with E-state index >= 15 is 0 Å². The summed E-state index contributed by atoms with van der Waals surface area (Å²) in [4.78, 5) is 15.1. The lowest BCUT2D eigenvalue weighted by molar-refractivity contribution is 1.06. The Labute approximate surface area is 279 Å². The van der Waals surface area contributed by atoms with Gasteiger partial charge in [-0.25, -0.2) is 15.0 Å². The van der Waals surface area contributed by atoms with Crippen LogP contribution in [0.5, 0.6) is 0 Å². The molecule has 3 nitrogen and oxygen atoms in total. The van der Waals surface area contributed by atoms with Crippen molar-refractivity contribution in [3.05, 3.63) is 175 Å². The van der Waals surface area contributed by atoms with Gasteiger partial charge in [0.1, 0.15) is 0 Å². The normalized spacial score (nSPS) is 13.1. The van der Waals surface area contributed by atoms with Crippen molar-refractivity contribution in [2.75, 3.05) is 0 Å². The highest BCUT2D eigenvalue weighted by Gasteiger charge is 2.16. The summed E-state index contributed by atoms with van der Waals surface area (Å²) in [6.07, 6.45) is 6.76. The zero-order valence-electron chi connectivity index (χ0n) is 26.3. The van der Waals surface area contributed by atoms with E-state index in [2.05, 4.69) is 146 Å². The van der Waals surface area contributed by atoms with Crippen molar-refractivity contribution in [2.45, 2.75) is 12.8 Å². The van der Waals surface area contributed by atoms with E-state index in [0.717, 1.165) is 29.5 Å². The number of hydrogen-bond acceptors (Lipinski definition) is 3.